The van der Waals surface area contributed by atoms with Crippen molar-refractivity contribution < 1.29 is 17.9 Å². The van der Waals surface area contributed by atoms with E-state index in [-0.39, 0.29) is 11.4 Å². The summed E-state index contributed by atoms with van der Waals surface area (Å²) < 4.78 is 33.8. The number of fused-ring (bicyclic) bond motifs is 1. The molecule has 0 bridgehead atoms. The van der Waals surface area contributed by atoms with Gasteiger partial charge < -0.3 is 4.74 Å². The van der Waals surface area contributed by atoms with Crippen molar-refractivity contribution in [2.75, 3.05) is 6.54 Å². The molecule has 0 amide bonds. The maximum Gasteiger partial charge on any atom is 0.435 e. The van der Waals surface area contributed by atoms with Gasteiger partial charge in [0.15, 0.2) is 0 Å². The van der Waals surface area contributed by atoms with Crippen LogP contribution in [0.15, 0.2) is 53.4 Å². The molecule has 0 saturated carbocycles. The van der Waals surface area contributed by atoms with Crippen molar-refractivity contribution in [3.05, 3.63) is 59.8 Å². The van der Waals surface area contributed by atoms with Crippen molar-refractivity contribution >= 4 is 27.0 Å². The molecule has 0 atom stereocenters. The molecule has 0 unspecified atom stereocenters. The molecule has 0 radical (unpaired) electrons. The van der Waals surface area contributed by atoms with Crippen molar-refractivity contribution in [3.8, 4) is 11.8 Å². The van der Waals surface area contributed by atoms with Crippen LogP contribution in [0.4, 0.5) is 4.79 Å². The van der Waals surface area contributed by atoms with E-state index in [0.29, 0.717) is 24.1 Å². The predicted molar refractivity (Wildman–Crippen MR) is 124 cm³/mol. The minimum atomic E-state index is -3.53. The molecule has 0 saturated heterocycles. The number of aromatic nitrogens is 2. The van der Waals surface area contributed by atoms with Gasteiger partial charge in [0.1, 0.15) is 11.3 Å². The molecular weight excluding hydrogens is 426 g/mol. The van der Waals surface area contributed by atoms with Gasteiger partial charge in [0, 0.05) is 18.4 Å². The minimum Gasteiger partial charge on any atom is -0.442 e. The van der Waals surface area contributed by atoms with Gasteiger partial charge in [0.25, 0.3) is 0 Å². The third-order valence-corrected chi connectivity index (χ3v) is 5.94. The Kier molecular flexibility index (Phi) is 7.02. The summed E-state index contributed by atoms with van der Waals surface area (Å²) in [5, 5.41) is 5.09. The fourth-order valence-electron chi connectivity index (χ4n) is 2.93. The molecule has 1 N–H and O–H groups in total. The minimum absolute atomic E-state index is 0.244. The highest BCUT2D eigenvalue weighted by molar-refractivity contribution is 7.89. The number of carbonyl (C=O) groups excluding carboxylic acids is 1. The summed E-state index contributed by atoms with van der Waals surface area (Å²) in [6.45, 7) is 7.57. The van der Waals surface area contributed by atoms with Crippen molar-refractivity contribution in [2.45, 2.75) is 51.0 Å². The lowest BCUT2D eigenvalue weighted by atomic mass is 10.2. The average molecular weight is 454 g/mol. The number of nitrogens with zero attached hydrogens (tertiary/aromatic N) is 2. The number of nitrogens with one attached hydrogen (secondary N) is 1. The van der Waals surface area contributed by atoms with Crippen LogP contribution in [-0.2, 0) is 14.8 Å². The number of sulfonamides is 1. The zero-order valence-electron chi connectivity index (χ0n) is 18.7. The van der Waals surface area contributed by atoms with E-state index in [1.165, 1.54) is 4.68 Å². The average Bonchev–Trinajstić information content (AvgIpc) is 3.09. The van der Waals surface area contributed by atoms with Crippen LogP contribution in [-0.4, -0.2) is 36.4 Å². The number of unbranched alkanes of at least 4 members (excludes halogenated alkanes) is 1. The Morgan fingerprint density at radius 1 is 1.12 bits per heavy atom. The Morgan fingerprint density at radius 2 is 1.81 bits per heavy atom. The predicted octanol–water partition coefficient (Wildman–Crippen LogP) is 4.24. The largest absolute Gasteiger partial charge is 0.442 e. The molecule has 3 rings (SSSR count). The monoisotopic (exact) mass is 453 g/mol. The second-order valence-electron chi connectivity index (χ2n) is 8.37. The summed E-state index contributed by atoms with van der Waals surface area (Å²) in [6.07, 6.45) is 0.458. The van der Waals surface area contributed by atoms with E-state index in [2.05, 4.69) is 21.7 Å². The standard InChI is InChI=1S/C24H27N3O4S/c1-18-13-15-19(16-14-18)32(29,30)25-17-9-5-6-11-21-20-10-7-8-12-22(20)27(26-21)23(28)31-24(2,3)4/h7-8,10,12-16,25H,5,9,17H2,1-4H3. The summed E-state index contributed by atoms with van der Waals surface area (Å²) in [7, 11) is -3.53. The van der Waals surface area contributed by atoms with Crippen molar-refractivity contribution in [3.63, 3.8) is 0 Å². The van der Waals surface area contributed by atoms with Crippen LogP contribution in [0.1, 0.15) is 44.9 Å². The third kappa shape index (κ3) is 5.96. The molecule has 0 fully saturated rings. The lowest BCUT2D eigenvalue weighted by Crippen LogP contribution is -2.27. The van der Waals surface area contributed by atoms with Crippen LogP contribution in [0, 0.1) is 18.8 Å². The van der Waals surface area contributed by atoms with E-state index in [1.54, 1.807) is 51.1 Å². The smallest absolute Gasteiger partial charge is 0.435 e. The van der Waals surface area contributed by atoms with Gasteiger partial charge >= 0.3 is 6.09 Å². The number of carbonyl (C=O) groups is 1. The summed E-state index contributed by atoms with van der Waals surface area (Å²) in [4.78, 5) is 12.7. The van der Waals surface area contributed by atoms with Gasteiger partial charge in [0.2, 0.25) is 10.0 Å². The van der Waals surface area contributed by atoms with E-state index in [1.807, 2.05) is 25.1 Å². The normalized spacial score (nSPS) is 11.8. The van der Waals surface area contributed by atoms with E-state index in [0.717, 1.165) is 10.9 Å². The van der Waals surface area contributed by atoms with Crippen LogP contribution in [0.2, 0.25) is 0 Å². The summed E-state index contributed by atoms with van der Waals surface area (Å²) >= 11 is 0. The number of para-hydroxylation sites is 1. The van der Waals surface area contributed by atoms with Gasteiger partial charge in [0.05, 0.1) is 10.4 Å². The van der Waals surface area contributed by atoms with Crippen LogP contribution in [0.25, 0.3) is 10.9 Å². The highest BCUT2D eigenvalue weighted by Gasteiger charge is 2.21. The molecule has 168 valence electrons. The Balaban J connectivity index is 1.64. The van der Waals surface area contributed by atoms with E-state index in [4.69, 9.17) is 4.74 Å². The fraction of sp³-hybridized carbons (Fsp3) is 0.333. The van der Waals surface area contributed by atoms with Gasteiger partial charge in [-0.05, 0) is 64.3 Å². The third-order valence-electron chi connectivity index (χ3n) is 4.46. The topological polar surface area (TPSA) is 90.3 Å². The fourth-order valence-corrected chi connectivity index (χ4v) is 4.01. The first kappa shape index (κ1) is 23.5. The maximum atomic E-state index is 12.5. The van der Waals surface area contributed by atoms with E-state index in [9.17, 15) is 13.2 Å². The maximum absolute atomic E-state index is 12.5. The van der Waals surface area contributed by atoms with E-state index >= 15 is 0 Å². The first-order chi connectivity index (χ1) is 15.1. The highest BCUT2D eigenvalue weighted by atomic mass is 32.2. The van der Waals surface area contributed by atoms with Gasteiger partial charge in [-0.2, -0.15) is 9.78 Å². The zero-order valence-corrected chi connectivity index (χ0v) is 19.5. The quantitative estimate of drug-likeness (QED) is 0.461. The second kappa shape index (κ2) is 9.55. The highest BCUT2D eigenvalue weighted by Crippen LogP contribution is 2.19. The van der Waals surface area contributed by atoms with E-state index < -0.39 is 21.7 Å². The molecule has 0 aliphatic carbocycles. The first-order valence-electron chi connectivity index (χ1n) is 10.3. The molecule has 1 aromatic heterocycles. The molecule has 8 heteroatoms. The number of hydrogen-bond acceptors (Lipinski definition) is 5. The molecule has 0 spiro atoms. The molecule has 7 nitrogen and oxygen atoms in total. The Labute approximate surface area is 188 Å². The van der Waals surface area contributed by atoms with Gasteiger partial charge in [-0.3, -0.25) is 0 Å². The second-order valence-corrected chi connectivity index (χ2v) is 10.1. The van der Waals surface area contributed by atoms with Gasteiger partial charge in [-0.15, -0.1) is 0 Å². The van der Waals surface area contributed by atoms with Crippen LogP contribution < -0.4 is 4.72 Å². The molecule has 32 heavy (non-hydrogen) atoms. The van der Waals surface area contributed by atoms with Gasteiger partial charge in [-0.25, -0.2) is 17.9 Å². The summed E-state index contributed by atoms with van der Waals surface area (Å²) in [6, 6.07) is 14.0. The number of benzene rings is 2. The molecule has 0 aliphatic heterocycles. The van der Waals surface area contributed by atoms with Crippen LogP contribution >= 0.6 is 0 Å². The molecule has 1 heterocycles. The van der Waals surface area contributed by atoms with Crippen molar-refractivity contribution in [1.82, 2.24) is 14.5 Å². The molecular formula is C24H27N3O4S. The Morgan fingerprint density at radius 3 is 2.50 bits per heavy atom. The number of aryl methyl sites for hydroxylation is 1. The Hall–Kier alpha value is -3.15. The summed E-state index contributed by atoms with van der Waals surface area (Å²) in [5.74, 6) is 6.01. The first-order valence-corrected chi connectivity index (χ1v) is 11.8. The number of ether oxygens (including phenoxy) is 1. The lowest BCUT2D eigenvalue weighted by molar-refractivity contribution is 0.0522. The molecule has 0 aliphatic rings. The lowest BCUT2D eigenvalue weighted by Gasteiger charge is -2.19. The Bertz CT molecular complexity index is 1270. The van der Waals surface area contributed by atoms with Crippen molar-refractivity contribution in [1.29, 1.82) is 0 Å². The molecule has 3 aromatic rings. The molecule has 2 aromatic carbocycles. The summed E-state index contributed by atoms with van der Waals surface area (Å²) in [5.41, 5.74) is 1.46. The SMILES string of the molecule is Cc1ccc(S(=O)(=O)NCCCC#Cc2nn(C(=O)OC(C)(C)C)c3ccccc23)cc1. The number of rotatable bonds is 5. The van der Waals surface area contributed by atoms with Crippen LogP contribution in [0.5, 0.6) is 0 Å². The number of hydrogen-bond donors (Lipinski definition) is 1. The van der Waals surface area contributed by atoms with Crippen LogP contribution in [0.3, 0.4) is 0 Å². The van der Waals surface area contributed by atoms with Crippen molar-refractivity contribution in [2.24, 2.45) is 0 Å². The van der Waals surface area contributed by atoms with Gasteiger partial charge in [-0.1, -0.05) is 35.7 Å². The zero-order chi connectivity index (χ0) is 23.4.